The molecule has 0 radical (unpaired) electrons. The first kappa shape index (κ1) is 27.2. The summed E-state index contributed by atoms with van der Waals surface area (Å²) in [5, 5.41) is 15.3. The number of aromatic nitrogens is 2. The molecule has 1 N–H and O–H groups in total. The Hall–Kier alpha value is -5.35. The second-order valence-electron chi connectivity index (χ2n) is 12.1. The highest BCUT2D eigenvalue weighted by Gasteiger charge is 2.38. The van der Waals surface area contributed by atoms with Gasteiger partial charge in [-0.15, -0.1) is 0 Å². The van der Waals surface area contributed by atoms with Crippen LogP contribution in [-0.2, 0) is 0 Å². The highest BCUT2D eigenvalue weighted by atomic mass is 16.4. The summed E-state index contributed by atoms with van der Waals surface area (Å²) in [4.78, 5) is 8.68. The van der Waals surface area contributed by atoms with Crippen LogP contribution in [0.5, 0.6) is 0 Å². The molecule has 4 aromatic carbocycles. The van der Waals surface area contributed by atoms with Gasteiger partial charge in [-0.25, -0.2) is 0 Å². The highest BCUT2D eigenvalue weighted by molar-refractivity contribution is 5.97. The average Bonchev–Trinajstić information content (AvgIpc) is 3.61. The lowest BCUT2D eigenvalue weighted by molar-refractivity contribution is 0.312. The van der Waals surface area contributed by atoms with Gasteiger partial charge in [0.1, 0.15) is 0 Å². The zero-order valence-electron chi connectivity index (χ0n) is 24.9. The van der Waals surface area contributed by atoms with Crippen LogP contribution in [0.4, 0.5) is 0 Å². The first-order chi connectivity index (χ1) is 22.3. The molecule has 0 spiro atoms. The SMILES string of the molecule is ON=C(C(CC1c2ccccc2-c2ccccc21)c1ccncc1)C(CC1c2ccccc2-c2ccccc21)c1ccncc1. The van der Waals surface area contributed by atoms with Gasteiger partial charge in [0.2, 0.25) is 0 Å². The van der Waals surface area contributed by atoms with E-state index in [1.54, 1.807) is 0 Å². The third-order valence-electron chi connectivity index (χ3n) is 9.91. The molecule has 2 atom stereocenters. The Morgan fingerprint density at radius 3 is 1.11 bits per heavy atom. The summed E-state index contributed by atoms with van der Waals surface area (Å²) >= 11 is 0. The lowest BCUT2D eigenvalue weighted by Crippen LogP contribution is -2.25. The highest BCUT2D eigenvalue weighted by Crippen LogP contribution is 2.52. The molecule has 2 heterocycles. The molecule has 45 heavy (non-hydrogen) atoms. The number of benzene rings is 4. The summed E-state index contributed by atoms with van der Waals surface area (Å²) in [5.74, 6) is 0.0382. The van der Waals surface area contributed by atoms with Crippen molar-refractivity contribution in [3.05, 3.63) is 179 Å². The number of rotatable bonds is 8. The number of pyridine rings is 2. The smallest absolute Gasteiger partial charge is 0.0720 e. The van der Waals surface area contributed by atoms with Crippen molar-refractivity contribution in [1.82, 2.24) is 9.97 Å². The van der Waals surface area contributed by atoms with Gasteiger partial charge in [-0.2, -0.15) is 0 Å². The fourth-order valence-corrected chi connectivity index (χ4v) is 7.93. The van der Waals surface area contributed by atoms with Crippen LogP contribution in [0, 0.1) is 0 Å². The van der Waals surface area contributed by atoms with Crippen LogP contribution in [0.1, 0.15) is 69.9 Å². The van der Waals surface area contributed by atoms with Crippen LogP contribution in [0.3, 0.4) is 0 Å². The third-order valence-corrected chi connectivity index (χ3v) is 9.91. The molecule has 2 aromatic heterocycles. The van der Waals surface area contributed by atoms with Crippen molar-refractivity contribution in [2.75, 3.05) is 0 Å². The van der Waals surface area contributed by atoms with Crippen molar-refractivity contribution in [2.24, 2.45) is 5.16 Å². The first-order valence-corrected chi connectivity index (χ1v) is 15.7. The minimum Gasteiger partial charge on any atom is -0.411 e. The standard InChI is InChI=1S/C41H33N3O/c45-44-41(37(27-17-21-42-22-18-27)25-39-33-13-5-1-9-29(33)30-10-2-6-14-34(30)39)38(28-19-23-43-24-20-28)26-40-35-15-7-3-11-31(35)32-12-4-8-16-36(32)40/h1-24,37-40,45H,25-26H2. The molecule has 2 aliphatic carbocycles. The normalized spacial score (nSPS) is 14.6. The van der Waals surface area contributed by atoms with E-state index in [1.165, 1.54) is 44.5 Å². The van der Waals surface area contributed by atoms with Crippen LogP contribution in [-0.4, -0.2) is 20.9 Å². The molecule has 4 heteroatoms. The number of hydrogen-bond acceptors (Lipinski definition) is 4. The van der Waals surface area contributed by atoms with E-state index in [0.717, 1.165) is 29.7 Å². The van der Waals surface area contributed by atoms with Gasteiger partial charge in [-0.3, -0.25) is 9.97 Å². The van der Waals surface area contributed by atoms with E-state index in [9.17, 15) is 5.21 Å². The van der Waals surface area contributed by atoms with Crippen LogP contribution < -0.4 is 0 Å². The molecular formula is C41H33N3O. The summed E-state index contributed by atoms with van der Waals surface area (Å²) in [7, 11) is 0. The summed E-state index contributed by atoms with van der Waals surface area (Å²) in [6.07, 6.45) is 8.93. The maximum Gasteiger partial charge on any atom is 0.0720 e. The van der Waals surface area contributed by atoms with Gasteiger partial charge in [0.05, 0.1) is 5.71 Å². The minimum absolute atomic E-state index is 0.146. The van der Waals surface area contributed by atoms with Gasteiger partial charge in [-0.1, -0.05) is 102 Å². The molecule has 6 aromatic rings. The van der Waals surface area contributed by atoms with Crippen molar-refractivity contribution >= 4 is 5.71 Å². The lowest BCUT2D eigenvalue weighted by atomic mass is 9.73. The van der Waals surface area contributed by atoms with Crippen LogP contribution >= 0.6 is 0 Å². The zero-order chi connectivity index (χ0) is 30.2. The maximum absolute atomic E-state index is 11.1. The molecule has 0 saturated carbocycles. The third kappa shape index (κ3) is 4.74. The van der Waals surface area contributed by atoms with E-state index in [1.807, 2.05) is 24.8 Å². The van der Waals surface area contributed by atoms with Gasteiger partial charge in [0.15, 0.2) is 0 Å². The van der Waals surface area contributed by atoms with E-state index in [0.29, 0.717) is 0 Å². The monoisotopic (exact) mass is 583 g/mol. The molecule has 218 valence electrons. The lowest BCUT2D eigenvalue weighted by Gasteiger charge is -2.30. The number of nitrogens with zero attached hydrogens (tertiary/aromatic N) is 3. The van der Waals surface area contributed by atoms with Crippen molar-refractivity contribution in [3.63, 3.8) is 0 Å². The van der Waals surface area contributed by atoms with Crippen molar-refractivity contribution in [2.45, 2.75) is 36.5 Å². The van der Waals surface area contributed by atoms with Gasteiger partial charge >= 0.3 is 0 Å². The van der Waals surface area contributed by atoms with E-state index in [4.69, 9.17) is 0 Å². The van der Waals surface area contributed by atoms with Crippen molar-refractivity contribution in [1.29, 1.82) is 0 Å². The van der Waals surface area contributed by atoms with E-state index >= 15 is 0 Å². The minimum atomic E-state index is -0.146. The Morgan fingerprint density at radius 1 is 0.489 bits per heavy atom. The van der Waals surface area contributed by atoms with E-state index in [2.05, 4.69) is 136 Å². The van der Waals surface area contributed by atoms with Gasteiger partial charge < -0.3 is 5.21 Å². The first-order valence-electron chi connectivity index (χ1n) is 15.7. The Labute approximate surface area is 263 Å². The predicted molar refractivity (Wildman–Crippen MR) is 180 cm³/mol. The quantitative estimate of drug-likeness (QED) is 0.110. The molecule has 0 fully saturated rings. The van der Waals surface area contributed by atoms with Crippen molar-refractivity contribution < 1.29 is 5.21 Å². The van der Waals surface area contributed by atoms with Crippen LogP contribution in [0.2, 0.25) is 0 Å². The Kier molecular flexibility index (Phi) is 7.03. The fourth-order valence-electron chi connectivity index (χ4n) is 7.93. The average molecular weight is 584 g/mol. The Morgan fingerprint density at radius 2 is 0.800 bits per heavy atom. The zero-order valence-corrected chi connectivity index (χ0v) is 24.9. The van der Waals surface area contributed by atoms with Gasteiger partial charge in [-0.05, 0) is 92.7 Å². The predicted octanol–water partition coefficient (Wildman–Crippen LogP) is 9.58. The van der Waals surface area contributed by atoms with Crippen LogP contribution in [0.15, 0.2) is 151 Å². The van der Waals surface area contributed by atoms with E-state index < -0.39 is 0 Å². The molecule has 0 amide bonds. The summed E-state index contributed by atoms with van der Waals surface area (Å²) < 4.78 is 0. The maximum atomic E-state index is 11.1. The largest absolute Gasteiger partial charge is 0.411 e. The number of fused-ring (bicyclic) bond motifs is 6. The Balaban J connectivity index is 1.25. The second-order valence-corrected chi connectivity index (χ2v) is 12.1. The van der Waals surface area contributed by atoms with Crippen molar-refractivity contribution in [3.8, 4) is 22.3 Å². The molecule has 2 unspecified atom stereocenters. The Bertz CT molecular complexity index is 1770. The topological polar surface area (TPSA) is 58.4 Å². The summed E-state index contributed by atoms with van der Waals surface area (Å²) in [6.45, 7) is 0. The molecule has 0 bridgehead atoms. The fraction of sp³-hybridized carbons (Fsp3) is 0.146. The molecule has 0 aliphatic heterocycles. The molecule has 2 aliphatic rings. The molecular weight excluding hydrogens is 550 g/mol. The summed E-state index contributed by atoms with van der Waals surface area (Å²) in [5.41, 5.74) is 13.5. The summed E-state index contributed by atoms with van der Waals surface area (Å²) in [6, 6.07) is 43.3. The van der Waals surface area contributed by atoms with Gasteiger partial charge in [0.25, 0.3) is 0 Å². The molecule has 4 nitrogen and oxygen atoms in total. The molecule has 8 rings (SSSR count). The number of oxime groups is 1. The van der Waals surface area contributed by atoms with E-state index in [-0.39, 0.29) is 23.7 Å². The molecule has 0 saturated heterocycles. The van der Waals surface area contributed by atoms with Crippen LogP contribution in [0.25, 0.3) is 22.3 Å². The van der Waals surface area contributed by atoms with Gasteiger partial charge in [0, 0.05) is 48.5 Å². The number of hydrogen-bond donors (Lipinski definition) is 1. The second kappa shape index (κ2) is 11.6.